The van der Waals surface area contributed by atoms with Gasteiger partial charge in [-0.25, -0.2) is 19.0 Å². The van der Waals surface area contributed by atoms with Gasteiger partial charge in [-0.15, -0.1) is 0 Å². The third-order valence-corrected chi connectivity index (χ3v) is 5.53. The molecular formula is C24H22FN5. The van der Waals surface area contributed by atoms with Gasteiger partial charge in [-0.2, -0.15) is 5.10 Å². The molecule has 0 aliphatic carbocycles. The van der Waals surface area contributed by atoms with Crippen molar-refractivity contribution in [3.63, 3.8) is 0 Å². The van der Waals surface area contributed by atoms with E-state index in [0.717, 1.165) is 54.5 Å². The van der Waals surface area contributed by atoms with Crippen molar-refractivity contribution in [3.05, 3.63) is 95.3 Å². The van der Waals surface area contributed by atoms with Crippen LogP contribution in [0.5, 0.6) is 0 Å². The number of fused-ring (bicyclic) bond motifs is 1. The number of rotatable bonds is 4. The predicted octanol–water partition coefficient (Wildman–Crippen LogP) is 4.34. The SMILES string of the molecule is Cc1nn(-c2ccc(F)cc2)cc1CN1CCc2nc(-c3ccccc3)ncc2C1. The largest absolute Gasteiger partial charge is 0.294 e. The minimum absolute atomic E-state index is 0.243. The first-order valence-electron chi connectivity index (χ1n) is 10.1. The first-order valence-corrected chi connectivity index (χ1v) is 10.1. The summed E-state index contributed by atoms with van der Waals surface area (Å²) in [5, 5.41) is 4.61. The van der Waals surface area contributed by atoms with E-state index in [9.17, 15) is 4.39 Å². The van der Waals surface area contributed by atoms with E-state index in [1.54, 1.807) is 12.1 Å². The smallest absolute Gasteiger partial charge is 0.159 e. The van der Waals surface area contributed by atoms with E-state index in [4.69, 9.17) is 4.98 Å². The summed E-state index contributed by atoms with van der Waals surface area (Å²) in [4.78, 5) is 11.8. The number of aryl methyl sites for hydroxylation is 1. The fourth-order valence-corrected chi connectivity index (χ4v) is 3.85. The predicted molar refractivity (Wildman–Crippen MR) is 114 cm³/mol. The van der Waals surface area contributed by atoms with Gasteiger partial charge in [0.05, 0.1) is 17.1 Å². The lowest BCUT2D eigenvalue weighted by Gasteiger charge is -2.27. The minimum atomic E-state index is -0.243. The fourth-order valence-electron chi connectivity index (χ4n) is 3.85. The number of hydrogen-bond acceptors (Lipinski definition) is 4. The van der Waals surface area contributed by atoms with E-state index < -0.39 is 0 Å². The highest BCUT2D eigenvalue weighted by molar-refractivity contribution is 5.54. The first-order chi connectivity index (χ1) is 14.7. The van der Waals surface area contributed by atoms with E-state index in [1.165, 1.54) is 23.3 Å². The molecule has 0 fully saturated rings. The molecule has 5 nitrogen and oxygen atoms in total. The molecule has 0 N–H and O–H groups in total. The first kappa shape index (κ1) is 18.6. The summed E-state index contributed by atoms with van der Waals surface area (Å²) in [6.07, 6.45) is 4.90. The summed E-state index contributed by atoms with van der Waals surface area (Å²) >= 11 is 0. The van der Waals surface area contributed by atoms with Crippen LogP contribution >= 0.6 is 0 Å². The zero-order valence-electron chi connectivity index (χ0n) is 16.8. The van der Waals surface area contributed by atoms with Crippen LogP contribution in [0, 0.1) is 12.7 Å². The van der Waals surface area contributed by atoms with Crippen LogP contribution in [0.15, 0.2) is 67.0 Å². The number of nitrogens with zero attached hydrogens (tertiary/aromatic N) is 5. The quantitative estimate of drug-likeness (QED) is 0.512. The summed E-state index contributed by atoms with van der Waals surface area (Å²) in [5.74, 6) is 0.548. The molecule has 3 heterocycles. The Balaban J connectivity index is 1.32. The molecule has 0 bridgehead atoms. The fraction of sp³-hybridized carbons (Fsp3) is 0.208. The normalized spacial score (nSPS) is 13.9. The van der Waals surface area contributed by atoms with Gasteiger partial charge >= 0.3 is 0 Å². The zero-order valence-corrected chi connectivity index (χ0v) is 16.8. The zero-order chi connectivity index (χ0) is 20.5. The van der Waals surface area contributed by atoms with Gasteiger partial charge in [0.15, 0.2) is 5.82 Å². The average Bonchev–Trinajstić information content (AvgIpc) is 3.14. The van der Waals surface area contributed by atoms with Crippen LogP contribution in [0.4, 0.5) is 4.39 Å². The minimum Gasteiger partial charge on any atom is -0.294 e. The Kier molecular flexibility index (Phi) is 4.85. The molecule has 0 saturated heterocycles. The Hall–Kier alpha value is -3.38. The summed E-state index contributed by atoms with van der Waals surface area (Å²) < 4.78 is 15.0. The lowest BCUT2D eigenvalue weighted by atomic mass is 10.1. The topological polar surface area (TPSA) is 46.8 Å². The highest BCUT2D eigenvalue weighted by Gasteiger charge is 2.20. The Morgan fingerprint density at radius 1 is 1.03 bits per heavy atom. The van der Waals surface area contributed by atoms with Crippen LogP contribution in [0.2, 0.25) is 0 Å². The van der Waals surface area contributed by atoms with Crippen LogP contribution in [0.3, 0.4) is 0 Å². The van der Waals surface area contributed by atoms with Crippen molar-refractivity contribution < 1.29 is 4.39 Å². The van der Waals surface area contributed by atoms with Crippen molar-refractivity contribution in [3.8, 4) is 17.1 Å². The Labute approximate surface area is 174 Å². The molecule has 6 heteroatoms. The van der Waals surface area contributed by atoms with Gasteiger partial charge in [-0.05, 0) is 31.2 Å². The monoisotopic (exact) mass is 399 g/mol. The second-order valence-corrected chi connectivity index (χ2v) is 7.65. The standard InChI is InChI=1S/C24H22FN5/c1-17-20(16-30(28-17)22-9-7-21(25)8-10-22)15-29-12-11-23-19(14-29)13-26-24(27-23)18-5-3-2-4-6-18/h2-10,13,16H,11-12,14-15H2,1H3. The highest BCUT2D eigenvalue weighted by atomic mass is 19.1. The van der Waals surface area contributed by atoms with Gasteiger partial charge in [0.2, 0.25) is 0 Å². The number of halogens is 1. The van der Waals surface area contributed by atoms with Crippen LogP contribution in [-0.2, 0) is 19.5 Å². The number of hydrogen-bond donors (Lipinski definition) is 0. The molecular weight excluding hydrogens is 377 g/mol. The third-order valence-electron chi connectivity index (χ3n) is 5.53. The van der Waals surface area contributed by atoms with Gasteiger partial charge in [-0.1, -0.05) is 30.3 Å². The molecule has 2 aromatic carbocycles. The van der Waals surface area contributed by atoms with Gasteiger partial charge in [0.1, 0.15) is 5.82 Å². The Morgan fingerprint density at radius 2 is 1.83 bits per heavy atom. The molecule has 0 spiro atoms. The molecule has 0 amide bonds. The third kappa shape index (κ3) is 3.74. The van der Waals surface area contributed by atoms with Crippen LogP contribution in [0.1, 0.15) is 22.5 Å². The molecule has 0 atom stereocenters. The average molecular weight is 399 g/mol. The molecule has 0 radical (unpaired) electrons. The van der Waals surface area contributed by atoms with Gasteiger partial charge in [0, 0.05) is 55.1 Å². The van der Waals surface area contributed by atoms with Gasteiger partial charge < -0.3 is 0 Å². The molecule has 5 rings (SSSR count). The van der Waals surface area contributed by atoms with E-state index in [-0.39, 0.29) is 5.82 Å². The number of aromatic nitrogens is 4. The van der Waals surface area contributed by atoms with Gasteiger partial charge in [-0.3, -0.25) is 4.90 Å². The molecule has 1 aliphatic rings. The molecule has 30 heavy (non-hydrogen) atoms. The van der Waals surface area contributed by atoms with Crippen molar-refractivity contribution in [2.45, 2.75) is 26.4 Å². The Bertz CT molecular complexity index is 1170. The van der Waals surface area contributed by atoms with Crippen molar-refractivity contribution in [1.82, 2.24) is 24.6 Å². The maximum absolute atomic E-state index is 13.2. The molecule has 4 aromatic rings. The summed E-state index contributed by atoms with van der Waals surface area (Å²) in [6, 6.07) is 16.5. The van der Waals surface area contributed by atoms with E-state index >= 15 is 0 Å². The van der Waals surface area contributed by atoms with E-state index in [0.29, 0.717) is 0 Å². The van der Waals surface area contributed by atoms with Crippen molar-refractivity contribution >= 4 is 0 Å². The summed E-state index contributed by atoms with van der Waals surface area (Å²) in [7, 11) is 0. The van der Waals surface area contributed by atoms with Crippen molar-refractivity contribution in [1.29, 1.82) is 0 Å². The Morgan fingerprint density at radius 3 is 2.63 bits per heavy atom. The maximum Gasteiger partial charge on any atom is 0.159 e. The van der Waals surface area contributed by atoms with Crippen molar-refractivity contribution in [2.24, 2.45) is 0 Å². The lowest BCUT2D eigenvalue weighted by Crippen LogP contribution is -2.31. The molecule has 2 aromatic heterocycles. The molecule has 150 valence electrons. The van der Waals surface area contributed by atoms with Crippen LogP contribution in [-0.4, -0.2) is 31.2 Å². The van der Waals surface area contributed by atoms with E-state index in [1.807, 2.05) is 54.3 Å². The van der Waals surface area contributed by atoms with E-state index in [2.05, 4.69) is 15.0 Å². The second-order valence-electron chi connectivity index (χ2n) is 7.65. The highest BCUT2D eigenvalue weighted by Crippen LogP contribution is 2.23. The maximum atomic E-state index is 13.2. The van der Waals surface area contributed by atoms with Crippen LogP contribution < -0.4 is 0 Å². The lowest BCUT2D eigenvalue weighted by molar-refractivity contribution is 0.242. The number of benzene rings is 2. The summed E-state index contributed by atoms with van der Waals surface area (Å²) in [5.41, 5.74) is 6.39. The van der Waals surface area contributed by atoms with Gasteiger partial charge in [0.25, 0.3) is 0 Å². The van der Waals surface area contributed by atoms with Crippen LogP contribution in [0.25, 0.3) is 17.1 Å². The second kappa shape index (κ2) is 7.80. The summed E-state index contributed by atoms with van der Waals surface area (Å²) in [6.45, 7) is 4.60. The van der Waals surface area contributed by atoms with Crippen molar-refractivity contribution in [2.75, 3.05) is 6.54 Å². The molecule has 0 unspecified atom stereocenters. The molecule has 0 saturated carbocycles. The molecule has 1 aliphatic heterocycles.